The summed E-state index contributed by atoms with van der Waals surface area (Å²) in [6, 6.07) is 8.74. The van der Waals surface area contributed by atoms with Crippen LogP contribution in [0.1, 0.15) is 18.5 Å². The summed E-state index contributed by atoms with van der Waals surface area (Å²) >= 11 is 1.99. The molecular weight excluding hydrogens is 256 g/mol. The van der Waals surface area contributed by atoms with Crippen molar-refractivity contribution in [2.75, 3.05) is 45.8 Å². The summed E-state index contributed by atoms with van der Waals surface area (Å²) < 4.78 is 5.30. The van der Waals surface area contributed by atoms with E-state index in [1.165, 1.54) is 11.3 Å². The molecule has 0 bridgehead atoms. The van der Waals surface area contributed by atoms with Gasteiger partial charge in [0, 0.05) is 24.1 Å². The smallest absolute Gasteiger partial charge is 0.119 e. The highest BCUT2D eigenvalue weighted by Crippen LogP contribution is 2.22. The van der Waals surface area contributed by atoms with E-state index < -0.39 is 0 Å². The molecule has 0 aromatic heterocycles. The summed E-state index contributed by atoms with van der Waals surface area (Å²) in [4.78, 5) is 2.22. The first-order valence-corrected chi connectivity index (χ1v) is 7.92. The third kappa shape index (κ3) is 6.32. The van der Waals surface area contributed by atoms with Gasteiger partial charge >= 0.3 is 0 Å². The van der Waals surface area contributed by atoms with E-state index in [2.05, 4.69) is 49.4 Å². The fraction of sp³-hybridized carbons (Fsp3) is 0.600. The average molecular weight is 282 g/mol. The van der Waals surface area contributed by atoms with Gasteiger partial charge in [-0.1, -0.05) is 19.1 Å². The molecule has 3 nitrogen and oxygen atoms in total. The molecule has 0 fully saturated rings. The highest BCUT2D eigenvalue weighted by molar-refractivity contribution is 7.99. The van der Waals surface area contributed by atoms with Crippen LogP contribution in [0.5, 0.6) is 5.75 Å². The number of rotatable bonds is 9. The maximum absolute atomic E-state index is 5.30. The van der Waals surface area contributed by atoms with E-state index >= 15 is 0 Å². The van der Waals surface area contributed by atoms with E-state index in [9.17, 15) is 0 Å². The summed E-state index contributed by atoms with van der Waals surface area (Å²) in [5.41, 5.74) is 1.30. The Morgan fingerprint density at radius 3 is 2.79 bits per heavy atom. The third-order valence-corrected chi connectivity index (χ3v) is 3.95. The van der Waals surface area contributed by atoms with Gasteiger partial charge in [0.2, 0.25) is 0 Å². The van der Waals surface area contributed by atoms with Crippen LogP contribution in [0.3, 0.4) is 0 Å². The predicted octanol–water partition coefficient (Wildman–Crippen LogP) is 2.64. The van der Waals surface area contributed by atoms with Crippen LogP contribution in [-0.2, 0) is 0 Å². The molecule has 19 heavy (non-hydrogen) atoms. The lowest BCUT2D eigenvalue weighted by Crippen LogP contribution is -2.24. The van der Waals surface area contributed by atoms with Crippen LogP contribution in [0.15, 0.2) is 24.3 Å². The molecule has 0 amide bonds. The summed E-state index contributed by atoms with van der Waals surface area (Å²) in [7, 11) is 5.95. The van der Waals surface area contributed by atoms with Crippen LogP contribution in [0, 0.1) is 0 Å². The van der Waals surface area contributed by atoms with Crippen molar-refractivity contribution in [2.45, 2.75) is 13.0 Å². The van der Waals surface area contributed by atoms with E-state index in [0.29, 0.717) is 6.04 Å². The number of methoxy groups -OCH3 is 1. The van der Waals surface area contributed by atoms with Gasteiger partial charge in [0.25, 0.3) is 0 Å². The first-order chi connectivity index (χ1) is 9.17. The van der Waals surface area contributed by atoms with Crippen molar-refractivity contribution < 1.29 is 4.74 Å². The normalized spacial score (nSPS) is 12.7. The van der Waals surface area contributed by atoms with Crippen molar-refractivity contribution >= 4 is 11.8 Å². The Balaban J connectivity index is 2.55. The van der Waals surface area contributed by atoms with E-state index in [4.69, 9.17) is 4.74 Å². The van der Waals surface area contributed by atoms with Gasteiger partial charge in [0.05, 0.1) is 7.11 Å². The van der Waals surface area contributed by atoms with Gasteiger partial charge in [-0.05, 0) is 38.3 Å². The lowest BCUT2D eigenvalue weighted by molar-refractivity contribution is 0.413. The summed E-state index contributed by atoms with van der Waals surface area (Å²) in [6.45, 7) is 4.26. The highest BCUT2D eigenvalue weighted by atomic mass is 32.2. The molecule has 4 heteroatoms. The number of benzene rings is 1. The van der Waals surface area contributed by atoms with E-state index in [0.717, 1.165) is 24.6 Å². The van der Waals surface area contributed by atoms with Gasteiger partial charge in [-0.25, -0.2) is 0 Å². The topological polar surface area (TPSA) is 24.5 Å². The van der Waals surface area contributed by atoms with Gasteiger partial charge in [-0.3, -0.25) is 0 Å². The second kappa shape index (κ2) is 9.23. The second-order valence-electron chi connectivity index (χ2n) is 4.77. The van der Waals surface area contributed by atoms with Crippen LogP contribution < -0.4 is 10.1 Å². The minimum Gasteiger partial charge on any atom is -0.497 e. The van der Waals surface area contributed by atoms with Crippen LogP contribution in [0.4, 0.5) is 0 Å². The van der Waals surface area contributed by atoms with Crippen LogP contribution in [-0.4, -0.2) is 50.7 Å². The zero-order valence-electron chi connectivity index (χ0n) is 12.5. The molecule has 108 valence electrons. The van der Waals surface area contributed by atoms with Crippen LogP contribution in [0.25, 0.3) is 0 Å². The summed E-state index contributed by atoms with van der Waals surface area (Å²) in [5, 5.41) is 3.55. The van der Waals surface area contributed by atoms with E-state index in [1.54, 1.807) is 7.11 Å². The van der Waals surface area contributed by atoms with Gasteiger partial charge < -0.3 is 15.0 Å². The second-order valence-corrected chi connectivity index (χ2v) is 5.91. The fourth-order valence-corrected chi connectivity index (χ4v) is 3.03. The standard InChI is InChI=1S/C15H26N2OS/c1-5-16-15(12-19-10-9-17(2)3)13-7-6-8-14(11-13)18-4/h6-8,11,15-16H,5,9-10,12H2,1-4H3. The SMILES string of the molecule is CCNC(CSCCN(C)C)c1cccc(OC)c1. The Morgan fingerprint density at radius 1 is 1.37 bits per heavy atom. The molecule has 1 aromatic rings. The number of nitrogens with zero attached hydrogens (tertiary/aromatic N) is 1. The van der Waals surface area contributed by atoms with Crippen LogP contribution >= 0.6 is 11.8 Å². The minimum absolute atomic E-state index is 0.396. The zero-order chi connectivity index (χ0) is 14.1. The van der Waals surface area contributed by atoms with Gasteiger partial charge in [0.15, 0.2) is 0 Å². The molecular formula is C15H26N2OS. The molecule has 0 saturated heterocycles. The summed E-state index contributed by atoms with van der Waals surface area (Å²) in [5.74, 6) is 3.19. The maximum atomic E-state index is 5.30. The lowest BCUT2D eigenvalue weighted by Gasteiger charge is -2.19. The van der Waals surface area contributed by atoms with Crippen molar-refractivity contribution in [3.05, 3.63) is 29.8 Å². The van der Waals surface area contributed by atoms with E-state index in [-0.39, 0.29) is 0 Å². The fourth-order valence-electron chi connectivity index (χ4n) is 1.83. The molecule has 1 atom stereocenters. The predicted molar refractivity (Wildman–Crippen MR) is 85.3 cm³/mol. The minimum atomic E-state index is 0.396. The average Bonchev–Trinajstić information content (AvgIpc) is 2.42. The Kier molecular flexibility index (Phi) is 7.94. The van der Waals surface area contributed by atoms with Crippen molar-refractivity contribution in [3.63, 3.8) is 0 Å². The van der Waals surface area contributed by atoms with Crippen molar-refractivity contribution in [2.24, 2.45) is 0 Å². The monoisotopic (exact) mass is 282 g/mol. The molecule has 0 aliphatic heterocycles. The molecule has 0 aliphatic rings. The van der Waals surface area contributed by atoms with Gasteiger partial charge in [-0.2, -0.15) is 11.8 Å². The quantitative estimate of drug-likeness (QED) is 0.704. The lowest BCUT2D eigenvalue weighted by atomic mass is 10.1. The molecule has 1 rings (SSSR count). The largest absolute Gasteiger partial charge is 0.497 e. The number of hydrogen-bond acceptors (Lipinski definition) is 4. The molecule has 0 aliphatic carbocycles. The van der Waals surface area contributed by atoms with Gasteiger partial charge in [-0.15, -0.1) is 0 Å². The Morgan fingerprint density at radius 2 is 2.16 bits per heavy atom. The Labute approximate surface area is 121 Å². The van der Waals surface area contributed by atoms with Crippen molar-refractivity contribution in [1.29, 1.82) is 0 Å². The molecule has 1 unspecified atom stereocenters. The number of hydrogen-bond donors (Lipinski definition) is 1. The number of thioether (sulfide) groups is 1. The molecule has 0 spiro atoms. The Bertz CT molecular complexity index is 358. The molecule has 1 N–H and O–H groups in total. The molecule has 0 saturated carbocycles. The summed E-state index contributed by atoms with van der Waals surface area (Å²) in [6.07, 6.45) is 0. The van der Waals surface area contributed by atoms with Crippen molar-refractivity contribution in [3.8, 4) is 5.75 Å². The number of nitrogens with one attached hydrogen (secondary N) is 1. The molecule has 1 aromatic carbocycles. The van der Waals surface area contributed by atoms with Gasteiger partial charge in [0.1, 0.15) is 5.75 Å². The highest BCUT2D eigenvalue weighted by Gasteiger charge is 2.11. The Hall–Kier alpha value is -0.710. The zero-order valence-corrected chi connectivity index (χ0v) is 13.3. The van der Waals surface area contributed by atoms with Crippen LogP contribution in [0.2, 0.25) is 0 Å². The first-order valence-electron chi connectivity index (χ1n) is 6.77. The third-order valence-electron chi connectivity index (χ3n) is 2.91. The number of ether oxygens (including phenoxy) is 1. The molecule has 0 heterocycles. The first kappa shape index (κ1) is 16.3. The van der Waals surface area contributed by atoms with E-state index in [1.807, 2.05) is 17.8 Å². The maximum Gasteiger partial charge on any atom is 0.119 e. The van der Waals surface area contributed by atoms with Crippen molar-refractivity contribution in [1.82, 2.24) is 10.2 Å². The molecule has 0 radical (unpaired) electrons.